The number of rotatable bonds is 3. The predicted octanol–water partition coefficient (Wildman–Crippen LogP) is 5.51. The van der Waals surface area contributed by atoms with E-state index in [2.05, 4.69) is 73.7 Å². The Morgan fingerprint density at radius 1 is 0.667 bits per heavy atom. The van der Waals surface area contributed by atoms with Crippen LogP contribution in [0, 0.1) is 6.92 Å². The molecule has 4 aromatic rings. The van der Waals surface area contributed by atoms with Gasteiger partial charge in [-0.3, -0.25) is 0 Å². The van der Waals surface area contributed by atoms with Crippen molar-refractivity contribution in [3.8, 4) is 28.2 Å². The molecule has 0 N–H and O–H groups in total. The van der Waals surface area contributed by atoms with Crippen LogP contribution in [0.15, 0.2) is 91.0 Å². The molecule has 0 unspecified atom stereocenters. The van der Waals surface area contributed by atoms with E-state index < -0.39 is 0 Å². The number of hydrogen-bond donors (Lipinski definition) is 0. The zero-order valence-electron chi connectivity index (χ0n) is 13.6. The number of aromatic nitrogens is 2. The molecule has 0 aliphatic heterocycles. The van der Waals surface area contributed by atoms with Crippen molar-refractivity contribution >= 4 is 0 Å². The molecule has 4 rings (SSSR count). The van der Waals surface area contributed by atoms with Crippen LogP contribution in [0.1, 0.15) is 5.56 Å². The zero-order chi connectivity index (χ0) is 16.4. The van der Waals surface area contributed by atoms with Crippen molar-refractivity contribution in [2.45, 2.75) is 6.92 Å². The Morgan fingerprint density at radius 3 is 1.92 bits per heavy atom. The summed E-state index contributed by atoms with van der Waals surface area (Å²) < 4.78 is 2.05. The summed E-state index contributed by atoms with van der Waals surface area (Å²) in [6.07, 6.45) is 0. The molecule has 0 saturated carbocycles. The van der Waals surface area contributed by atoms with Gasteiger partial charge in [0.25, 0.3) is 0 Å². The summed E-state index contributed by atoms with van der Waals surface area (Å²) in [6.45, 7) is 2.12. The first-order valence-electron chi connectivity index (χ1n) is 8.10. The Hall–Kier alpha value is -3.13. The lowest BCUT2D eigenvalue weighted by Gasteiger charge is -2.10. The molecule has 116 valence electrons. The van der Waals surface area contributed by atoms with Crippen LogP contribution in [0.4, 0.5) is 0 Å². The molecule has 0 atom stereocenters. The van der Waals surface area contributed by atoms with Gasteiger partial charge in [-0.1, -0.05) is 78.9 Å². The van der Waals surface area contributed by atoms with E-state index in [1.54, 1.807) is 0 Å². The van der Waals surface area contributed by atoms with Crippen LogP contribution in [0.5, 0.6) is 0 Å². The van der Waals surface area contributed by atoms with Gasteiger partial charge in [0.1, 0.15) is 0 Å². The largest absolute Gasteiger partial charge is 0.232 e. The van der Waals surface area contributed by atoms with Gasteiger partial charge < -0.3 is 0 Å². The molecule has 1 aromatic heterocycles. The summed E-state index contributed by atoms with van der Waals surface area (Å²) in [5.74, 6) is 0. The fourth-order valence-corrected chi connectivity index (χ4v) is 2.93. The van der Waals surface area contributed by atoms with E-state index in [9.17, 15) is 0 Å². The van der Waals surface area contributed by atoms with Gasteiger partial charge in [-0.2, -0.15) is 5.10 Å². The van der Waals surface area contributed by atoms with E-state index in [-0.39, 0.29) is 0 Å². The third-order valence-corrected chi connectivity index (χ3v) is 4.19. The van der Waals surface area contributed by atoms with Crippen molar-refractivity contribution in [3.05, 3.63) is 96.6 Å². The Kier molecular flexibility index (Phi) is 3.72. The Morgan fingerprint density at radius 2 is 1.25 bits per heavy atom. The quantitative estimate of drug-likeness (QED) is 0.487. The minimum atomic E-state index is 0.984. The lowest BCUT2D eigenvalue weighted by molar-refractivity contribution is 0.884. The fourth-order valence-electron chi connectivity index (χ4n) is 2.93. The number of para-hydroxylation sites is 1. The van der Waals surface area contributed by atoms with Gasteiger partial charge >= 0.3 is 0 Å². The van der Waals surface area contributed by atoms with Crippen LogP contribution >= 0.6 is 0 Å². The van der Waals surface area contributed by atoms with Gasteiger partial charge in [-0.25, -0.2) is 4.68 Å². The van der Waals surface area contributed by atoms with E-state index in [0.29, 0.717) is 0 Å². The molecule has 0 saturated heterocycles. The monoisotopic (exact) mass is 310 g/mol. The van der Waals surface area contributed by atoms with Gasteiger partial charge in [-0.15, -0.1) is 0 Å². The van der Waals surface area contributed by atoms with Gasteiger partial charge in [-0.05, 0) is 24.6 Å². The highest BCUT2D eigenvalue weighted by Gasteiger charge is 2.13. The van der Waals surface area contributed by atoms with Crippen LogP contribution in [-0.4, -0.2) is 9.78 Å². The normalized spacial score (nSPS) is 10.7. The van der Waals surface area contributed by atoms with Crippen LogP contribution in [0.3, 0.4) is 0 Å². The predicted molar refractivity (Wildman–Crippen MR) is 99.2 cm³/mol. The third-order valence-electron chi connectivity index (χ3n) is 4.19. The first-order chi connectivity index (χ1) is 11.8. The number of benzene rings is 3. The molecule has 0 fully saturated rings. The van der Waals surface area contributed by atoms with Crippen LogP contribution < -0.4 is 0 Å². The molecule has 1 heterocycles. The first kappa shape index (κ1) is 14.5. The number of hydrogen-bond acceptors (Lipinski definition) is 1. The number of aryl methyl sites for hydroxylation is 1. The first-order valence-corrected chi connectivity index (χ1v) is 8.10. The van der Waals surface area contributed by atoms with Gasteiger partial charge in [0.15, 0.2) is 0 Å². The van der Waals surface area contributed by atoms with Gasteiger partial charge in [0.05, 0.1) is 17.1 Å². The van der Waals surface area contributed by atoms with Crippen molar-refractivity contribution in [2.75, 3.05) is 0 Å². The molecule has 24 heavy (non-hydrogen) atoms. The number of nitrogens with zero attached hydrogens (tertiary/aromatic N) is 2. The summed E-state index contributed by atoms with van der Waals surface area (Å²) in [5, 5.41) is 4.90. The smallest absolute Gasteiger partial charge is 0.0934 e. The standard InChI is InChI=1S/C22H18N2/c1-17-10-8-9-15-21(17)24-22(19-13-6-3-7-14-19)16-20(23-24)18-11-4-2-5-12-18/h2-16H,1H3. The van der Waals surface area contributed by atoms with Crippen molar-refractivity contribution in [1.82, 2.24) is 9.78 Å². The maximum absolute atomic E-state index is 4.90. The van der Waals surface area contributed by atoms with Crippen LogP contribution in [-0.2, 0) is 0 Å². The molecule has 0 spiro atoms. The highest BCUT2D eigenvalue weighted by Crippen LogP contribution is 2.29. The van der Waals surface area contributed by atoms with Crippen molar-refractivity contribution in [2.24, 2.45) is 0 Å². The lowest BCUT2D eigenvalue weighted by atomic mass is 10.1. The Labute approximate surface area is 142 Å². The van der Waals surface area contributed by atoms with Gasteiger partial charge in [0.2, 0.25) is 0 Å². The topological polar surface area (TPSA) is 17.8 Å². The molecule has 0 aliphatic rings. The maximum atomic E-state index is 4.90. The van der Waals surface area contributed by atoms with E-state index in [0.717, 1.165) is 28.2 Å². The van der Waals surface area contributed by atoms with Crippen molar-refractivity contribution in [1.29, 1.82) is 0 Å². The molecule has 0 radical (unpaired) electrons. The van der Waals surface area contributed by atoms with E-state index in [4.69, 9.17) is 5.10 Å². The SMILES string of the molecule is Cc1ccccc1-n1nc(-c2ccccc2)cc1-c1ccccc1. The average Bonchev–Trinajstić information content (AvgIpc) is 3.09. The van der Waals surface area contributed by atoms with Crippen molar-refractivity contribution in [3.63, 3.8) is 0 Å². The summed E-state index contributed by atoms with van der Waals surface area (Å²) in [6, 6.07) is 31.2. The zero-order valence-corrected chi connectivity index (χ0v) is 13.6. The second-order valence-corrected chi connectivity index (χ2v) is 5.85. The Balaban J connectivity index is 1.94. The highest BCUT2D eigenvalue weighted by molar-refractivity contribution is 5.70. The van der Waals surface area contributed by atoms with Crippen molar-refractivity contribution < 1.29 is 0 Å². The second kappa shape index (κ2) is 6.17. The minimum Gasteiger partial charge on any atom is -0.232 e. The summed E-state index contributed by atoms with van der Waals surface area (Å²) in [5.41, 5.74) is 6.69. The average molecular weight is 310 g/mol. The van der Waals surface area contributed by atoms with E-state index in [1.807, 2.05) is 28.9 Å². The van der Waals surface area contributed by atoms with Crippen LogP contribution in [0.2, 0.25) is 0 Å². The van der Waals surface area contributed by atoms with Crippen LogP contribution in [0.25, 0.3) is 28.2 Å². The Bertz CT molecular complexity index is 954. The summed E-state index contributed by atoms with van der Waals surface area (Å²) in [4.78, 5) is 0. The lowest BCUT2D eigenvalue weighted by Crippen LogP contribution is -2.01. The fraction of sp³-hybridized carbons (Fsp3) is 0.0455. The highest BCUT2D eigenvalue weighted by atomic mass is 15.3. The molecule has 2 heteroatoms. The minimum absolute atomic E-state index is 0.984. The molecule has 0 aliphatic carbocycles. The molecule has 0 bridgehead atoms. The maximum Gasteiger partial charge on any atom is 0.0934 e. The molecular formula is C22H18N2. The molecule has 0 amide bonds. The van der Waals surface area contributed by atoms with E-state index in [1.165, 1.54) is 5.56 Å². The molecule has 3 aromatic carbocycles. The summed E-state index contributed by atoms with van der Waals surface area (Å²) >= 11 is 0. The molecular weight excluding hydrogens is 292 g/mol. The summed E-state index contributed by atoms with van der Waals surface area (Å²) in [7, 11) is 0. The third kappa shape index (κ3) is 2.63. The van der Waals surface area contributed by atoms with Gasteiger partial charge in [0, 0.05) is 11.1 Å². The molecule has 2 nitrogen and oxygen atoms in total. The van der Waals surface area contributed by atoms with E-state index >= 15 is 0 Å². The second-order valence-electron chi connectivity index (χ2n) is 5.85.